The minimum atomic E-state index is -3.85. The van der Waals surface area contributed by atoms with E-state index in [9.17, 15) is 13.2 Å². The molecule has 1 amide bonds. The summed E-state index contributed by atoms with van der Waals surface area (Å²) < 4.78 is 27.3. The Balaban J connectivity index is 2.32. The summed E-state index contributed by atoms with van der Waals surface area (Å²) in [5.41, 5.74) is 0.355. The summed E-state index contributed by atoms with van der Waals surface area (Å²) in [5, 5.41) is 3.25. The Kier molecular flexibility index (Phi) is 6.44. The number of benzene rings is 2. The Morgan fingerprint density at radius 3 is 2.15 bits per heavy atom. The molecule has 0 aliphatic carbocycles. The van der Waals surface area contributed by atoms with Gasteiger partial charge in [0.1, 0.15) is 0 Å². The predicted octanol–water partition coefficient (Wildman–Crippen LogP) is 3.45. The van der Waals surface area contributed by atoms with Crippen molar-refractivity contribution in [1.82, 2.24) is 9.62 Å². The van der Waals surface area contributed by atoms with Gasteiger partial charge < -0.3 is 5.32 Å². The molecule has 2 aromatic rings. The smallest absolute Gasteiger partial charge is 0.243 e. The van der Waals surface area contributed by atoms with Gasteiger partial charge in [-0.1, -0.05) is 41.9 Å². The average Bonchev–Trinajstić information content (AvgIpc) is 2.54. The summed E-state index contributed by atoms with van der Waals surface area (Å²) in [6.45, 7) is 5.38. The summed E-state index contributed by atoms with van der Waals surface area (Å²) >= 11 is 5.86. The third kappa shape index (κ3) is 5.83. The van der Waals surface area contributed by atoms with Crippen LogP contribution in [0.5, 0.6) is 0 Å². The van der Waals surface area contributed by atoms with E-state index in [2.05, 4.69) is 5.32 Å². The summed E-state index contributed by atoms with van der Waals surface area (Å²) in [6, 6.07) is 15.1. The highest BCUT2D eigenvalue weighted by atomic mass is 35.5. The molecule has 0 spiro atoms. The van der Waals surface area contributed by atoms with Crippen LogP contribution in [0.2, 0.25) is 5.02 Å². The standard InChI is InChI=1S/C19H23ClN2O3S/c1-19(2,3)21-18(23)14-22(13-15-7-5-4-6-8-15)26(24,25)17-11-9-16(20)10-12-17/h4-12H,13-14H2,1-3H3,(H,21,23). The van der Waals surface area contributed by atoms with E-state index in [1.807, 2.05) is 51.1 Å². The van der Waals surface area contributed by atoms with Gasteiger partial charge in [-0.05, 0) is 50.6 Å². The van der Waals surface area contributed by atoms with Crippen LogP contribution in [0.1, 0.15) is 26.3 Å². The van der Waals surface area contributed by atoms with Gasteiger partial charge in [-0.2, -0.15) is 4.31 Å². The second-order valence-electron chi connectivity index (χ2n) is 7.01. The lowest BCUT2D eigenvalue weighted by molar-refractivity contribution is -0.122. The molecule has 0 radical (unpaired) electrons. The molecule has 1 N–H and O–H groups in total. The molecule has 0 fully saturated rings. The minimum absolute atomic E-state index is 0.0985. The molecule has 0 heterocycles. The Labute approximate surface area is 160 Å². The third-order valence-electron chi connectivity index (χ3n) is 3.49. The molecular weight excluding hydrogens is 372 g/mol. The lowest BCUT2D eigenvalue weighted by Gasteiger charge is -2.25. The molecule has 0 unspecified atom stereocenters. The van der Waals surface area contributed by atoms with Gasteiger partial charge in [-0.3, -0.25) is 4.79 Å². The van der Waals surface area contributed by atoms with E-state index in [4.69, 9.17) is 11.6 Å². The SMILES string of the molecule is CC(C)(C)NC(=O)CN(Cc1ccccc1)S(=O)(=O)c1ccc(Cl)cc1. The van der Waals surface area contributed by atoms with E-state index in [0.717, 1.165) is 5.56 Å². The van der Waals surface area contributed by atoms with Gasteiger partial charge >= 0.3 is 0 Å². The molecule has 0 saturated carbocycles. The molecule has 0 aromatic heterocycles. The van der Waals surface area contributed by atoms with Crippen molar-refractivity contribution in [1.29, 1.82) is 0 Å². The van der Waals surface area contributed by atoms with Crippen LogP contribution in [0.4, 0.5) is 0 Å². The van der Waals surface area contributed by atoms with E-state index >= 15 is 0 Å². The van der Waals surface area contributed by atoms with Crippen LogP contribution in [0.25, 0.3) is 0 Å². The zero-order chi connectivity index (χ0) is 19.4. The van der Waals surface area contributed by atoms with Crippen molar-refractivity contribution in [2.75, 3.05) is 6.54 Å². The van der Waals surface area contributed by atoms with Crippen LogP contribution >= 0.6 is 11.6 Å². The number of hydrogen-bond donors (Lipinski definition) is 1. The van der Waals surface area contributed by atoms with Gasteiger partial charge in [-0.15, -0.1) is 0 Å². The number of hydrogen-bond acceptors (Lipinski definition) is 3. The summed E-state index contributed by atoms with van der Waals surface area (Å²) in [6.07, 6.45) is 0. The zero-order valence-electron chi connectivity index (χ0n) is 15.1. The number of nitrogens with zero attached hydrogens (tertiary/aromatic N) is 1. The third-order valence-corrected chi connectivity index (χ3v) is 5.55. The molecular formula is C19H23ClN2O3S. The van der Waals surface area contributed by atoms with Gasteiger partial charge in [0.25, 0.3) is 0 Å². The number of nitrogens with one attached hydrogen (secondary N) is 1. The van der Waals surface area contributed by atoms with Gasteiger partial charge in [-0.25, -0.2) is 8.42 Å². The first-order valence-corrected chi connectivity index (χ1v) is 10.0. The molecule has 5 nitrogen and oxygen atoms in total. The van der Waals surface area contributed by atoms with Crippen molar-refractivity contribution < 1.29 is 13.2 Å². The number of amides is 1. The van der Waals surface area contributed by atoms with Gasteiger partial charge in [0.15, 0.2) is 0 Å². The van der Waals surface area contributed by atoms with E-state index in [1.165, 1.54) is 28.6 Å². The quantitative estimate of drug-likeness (QED) is 0.816. The highest BCUT2D eigenvalue weighted by Gasteiger charge is 2.28. The molecule has 0 atom stereocenters. The predicted molar refractivity (Wildman–Crippen MR) is 103 cm³/mol. The van der Waals surface area contributed by atoms with E-state index in [-0.39, 0.29) is 23.9 Å². The van der Waals surface area contributed by atoms with Crippen LogP contribution in [-0.4, -0.2) is 30.7 Å². The minimum Gasteiger partial charge on any atom is -0.350 e. The van der Waals surface area contributed by atoms with Gasteiger partial charge in [0.2, 0.25) is 15.9 Å². The Bertz CT molecular complexity index is 845. The summed E-state index contributed by atoms with van der Waals surface area (Å²) in [7, 11) is -3.85. The van der Waals surface area contributed by atoms with Gasteiger partial charge in [0, 0.05) is 17.1 Å². The van der Waals surface area contributed by atoms with E-state index in [1.54, 1.807) is 0 Å². The first-order valence-electron chi connectivity index (χ1n) is 8.18. The van der Waals surface area contributed by atoms with Crippen LogP contribution in [0, 0.1) is 0 Å². The lowest BCUT2D eigenvalue weighted by Crippen LogP contribution is -2.47. The van der Waals surface area contributed by atoms with Crippen LogP contribution in [0.15, 0.2) is 59.5 Å². The highest BCUT2D eigenvalue weighted by Crippen LogP contribution is 2.20. The van der Waals surface area contributed by atoms with Gasteiger partial charge in [0.05, 0.1) is 11.4 Å². The second-order valence-corrected chi connectivity index (χ2v) is 9.39. The van der Waals surface area contributed by atoms with Crippen molar-refractivity contribution in [3.8, 4) is 0 Å². The number of rotatable bonds is 6. The fourth-order valence-electron chi connectivity index (χ4n) is 2.39. The first-order chi connectivity index (χ1) is 12.1. The van der Waals surface area contributed by atoms with Crippen molar-refractivity contribution in [2.45, 2.75) is 37.8 Å². The maximum atomic E-state index is 13.1. The Hall–Kier alpha value is -1.89. The molecule has 26 heavy (non-hydrogen) atoms. The van der Waals surface area contributed by atoms with Crippen LogP contribution < -0.4 is 5.32 Å². The van der Waals surface area contributed by atoms with Crippen molar-refractivity contribution >= 4 is 27.5 Å². The van der Waals surface area contributed by atoms with Crippen LogP contribution in [-0.2, 0) is 21.4 Å². The van der Waals surface area contributed by atoms with Crippen molar-refractivity contribution in [2.24, 2.45) is 0 Å². The first kappa shape index (κ1) is 20.4. The molecule has 0 bridgehead atoms. The molecule has 7 heteroatoms. The van der Waals surface area contributed by atoms with Crippen molar-refractivity contribution in [3.05, 3.63) is 65.2 Å². The fraction of sp³-hybridized carbons (Fsp3) is 0.316. The maximum Gasteiger partial charge on any atom is 0.243 e. The Morgan fingerprint density at radius 1 is 1.04 bits per heavy atom. The highest BCUT2D eigenvalue weighted by molar-refractivity contribution is 7.89. The fourth-order valence-corrected chi connectivity index (χ4v) is 3.90. The van der Waals surface area contributed by atoms with Crippen LogP contribution in [0.3, 0.4) is 0 Å². The number of sulfonamides is 1. The normalized spacial score (nSPS) is 12.2. The number of halogens is 1. The summed E-state index contributed by atoms with van der Waals surface area (Å²) in [5.74, 6) is -0.356. The number of carbonyl (C=O) groups excluding carboxylic acids is 1. The average molecular weight is 395 g/mol. The Morgan fingerprint density at radius 2 is 1.62 bits per heavy atom. The summed E-state index contributed by atoms with van der Waals surface area (Å²) in [4.78, 5) is 12.5. The molecule has 140 valence electrons. The lowest BCUT2D eigenvalue weighted by atomic mass is 10.1. The number of carbonyl (C=O) groups is 1. The second kappa shape index (κ2) is 8.20. The van der Waals surface area contributed by atoms with E-state index in [0.29, 0.717) is 5.02 Å². The molecule has 2 aromatic carbocycles. The molecule has 2 rings (SSSR count). The maximum absolute atomic E-state index is 13.1. The molecule has 0 saturated heterocycles. The van der Waals surface area contributed by atoms with E-state index < -0.39 is 15.6 Å². The topological polar surface area (TPSA) is 66.5 Å². The molecule has 0 aliphatic heterocycles. The monoisotopic (exact) mass is 394 g/mol. The largest absolute Gasteiger partial charge is 0.350 e. The molecule has 0 aliphatic rings. The van der Waals surface area contributed by atoms with Crippen molar-refractivity contribution in [3.63, 3.8) is 0 Å². The zero-order valence-corrected chi connectivity index (χ0v) is 16.6.